The normalized spacial score (nSPS) is 12.0. The first-order valence-electron chi connectivity index (χ1n) is 5.96. The average molecular weight is 365 g/mol. The highest BCUT2D eigenvalue weighted by Gasteiger charge is 2.46. The van der Waals surface area contributed by atoms with E-state index in [4.69, 9.17) is 11.6 Å². The number of benzene rings is 1. The molecule has 122 valence electrons. The van der Waals surface area contributed by atoms with Gasteiger partial charge in [-0.05, 0) is 6.07 Å². The zero-order chi connectivity index (χ0) is 17.3. The van der Waals surface area contributed by atoms with Gasteiger partial charge in [0, 0.05) is 5.56 Å². The monoisotopic (exact) mass is 364 g/mol. The van der Waals surface area contributed by atoms with Crippen LogP contribution in [0.15, 0.2) is 42.6 Å². The van der Waals surface area contributed by atoms with Crippen LogP contribution in [0.5, 0.6) is 0 Å². The van der Waals surface area contributed by atoms with Gasteiger partial charge in [0.25, 0.3) is 0 Å². The number of hydrogen-bond donors (Lipinski definition) is 1. The van der Waals surface area contributed by atoms with Crippen molar-refractivity contribution in [3.05, 3.63) is 58.9 Å². The number of halogens is 4. The van der Waals surface area contributed by atoms with E-state index in [9.17, 15) is 26.4 Å². The van der Waals surface area contributed by atoms with Crippen molar-refractivity contribution < 1.29 is 26.4 Å². The van der Waals surface area contributed by atoms with Gasteiger partial charge in [-0.25, -0.2) is 4.98 Å². The minimum atomic E-state index is -5.59. The van der Waals surface area contributed by atoms with E-state index in [1.807, 2.05) is 0 Å². The Hall–Kier alpha value is -2.13. The summed E-state index contributed by atoms with van der Waals surface area (Å²) in [6.45, 7) is 0. The zero-order valence-corrected chi connectivity index (χ0v) is 12.7. The largest absolute Gasteiger partial charge is 0.516 e. The molecule has 0 fully saturated rings. The molecule has 1 heterocycles. The summed E-state index contributed by atoms with van der Waals surface area (Å²) in [6.07, 6.45) is 0.783. The zero-order valence-electron chi connectivity index (χ0n) is 11.1. The van der Waals surface area contributed by atoms with Gasteiger partial charge in [-0.2, -0.15) is 21.6 Å². The first-order chi connectivity index (χ1) is 10.6. The molecule has 0 aliphatic rings. The van der Waals surface area contributed by atoms with Gasteiger partial charge in [0.1, 0.15) is 5.69 Å². The fourth-order valence-corrected chi connectivity index (χ4v) is 2.39. The van der Waals surface area contributed by atoms with E-state index in [-0.39, 0.29) is 16.3 Å². The molecule has 1 aromatic heterocycles. The number of sulfonamides is 1. The van der Waals surface area contributed by atoms with E-state index >= 15 is 0 Å². The fourth-order valence-electron chi connectivity index (χ4n) is 1.60. The molecule has 1 N–H and O–H groups in total. The second-order valence-corrected chi connectivity index (χ2v) is 6.38. The Kier molecular flexibility index (Phi) is 4.62. The summed E-state index contributed by atoms with van der Waals surface area (Å²) in [4.78, 5) is 15.8. The van der Waals surface area contributed by atoms with Gasteiger partial charge < -0.3 is 0 Å². The van der Waals surface area contributed by atoms with Crippen LogP contribution >= 0.6 is 11.6 Å². The number of alkyl halides is 3. The number of anilines is 1. The summed E-state index contributed by atoms with van der Waals surface area (Å²) >= 11 is 5.82. The number of pyridine rings is 1. The van der Waals surface area contributed by atoms with Crippen LogP contribution in [-0.4, -0.2) is 24.7 Å². The standard InChI is InChI=1S/C13H8ClF3N2O3S/c14-10-6-9(19-23(21,22)13(15,16)17)7-18-11(10)12(20)8-4-2-1-3-5-8/h1-7,19H. The van der Waals surface area contributed by atoms with Gasteiger partial charge in [0.05, 0.1) is 16.9 Å². The molecule has 0 radical (unpaired) electrons. The highest BCUT2D eigenvalue weighted by atomic mass is 35.5. The predicted molar refractivity (Wildman–Crippen MR) is 77.7 cm³/mol. The SMILES string of the molecule is O=C(c1ccccc1)c1ncc(NS(=O)(=O)C(F)(F)F)cc1Cl. The van der Waals surface area contributed by atoms with E-state index in [0.717, 1.165) is 12.3 Å². The van der Waals surface area contributed by atoms with Crippen molar-refractivity contribution in [1.82, 2.24) is 4.98 Å². The van der Waals surface area contributed by atoms with E-state index in [2.05, 4.69) is 4.98 Å². The van der Waals surface area contributed by atoms with Gasteiger partial charge in [0.2, 0.25) is 5.78 Å². The maximum absolute atomic E-state index is 12.3. The van der Waals surface area contributed by atoms with Crippen molar-refractivity contribution in [2.75, 3.05) is 4.72 Å². The topological polar surface area (TPSA) is 76.1 Å². The van der Waals surface area contributed by atoms with Crippen molar-refractivity contribution in [2.45, 2.75) is 5.51 Å². The van der Waals surface area contributed by atoms with Crippen molar-refractivity contribution in [3.63, 3.8) is 0 Å². The molecule has 0 amide bonds. The van der Waals surface area contributed by atoms with Gasteiger partial charge in [-0.1, -0.05) is 41.9 Å². The summed E-state index contributed by atoms with van der Waals surface area (Å²) in [7, 11) is -5.59. The Morgan fingerprint density at radius 1 is 1.17 bits per heavy atom. The summed E-state index contributed by atoms with van der Waals surface area (Å²) < 4.78 is 60.2. The molecule has 0 aliphatic carbocycles. The second-order valence-electron chi connectivity index (χ2n) is 4.30. The van der Waals surface area contributed by atoms with Crippen LogP contribution in [0, 0.1) is 0 Å². The van der Waals surface area contributed by atoms with Crippen molar-refractivity contribution in [2.24, 2.45) is 0 Å². The molecule has 5 nitrogen and oxygen atoms in total. The molecule has 1 aromatic carbocycles. The number of nitrogens with one attached hydrogen (secondary N) is 1. The molecule has 0 spiro atoms. The molecule has 2 rings (SSSR count). The minimum Gasteiger partial charge on any atom is -0.287 e. The summed E-state index contributed by atoms with van der Waals surface area (Å²) in [5, 5.41) is -0.277. The third-order valence-electron chi connectivity index (χ3n) is 2.65. The first kappa shape index (κ1) is 17.2. The lowest BCUT2D eigenvalue weighted by Gasteiger charge is -2.11. The van der Waals surface area contributed by atoms with Crippen LogP contribution in [0.1, 0.15) is 16.1 Å². The summed E-state index contributed by atoms with van der Waals surface area (Å²) in [5.74, 6) is -0.541. The lowest BCUT2D eigenvalue weighted by molar-refractivity contribution is -0.0429. The van der Waals surface area contributed by atoms with E-state index < -0.39 is 27.0 Å². The van der Waals surface area contributed by atoms with Crippen LogP contribution in [0.2, 0.25) is 5.02 Å². The summed E-state index contributed by atoms with van der Waals surface area (Å²) in [5.41, 5.74) is -5.90. The first-order valence-corrected chi connectivity index (χ1v) is 7.82. The van der Waals surface area contributed by atoms with E-state index in [1.54, 1.807) is 18.2 Å². The van der Waals surface area contributed by atoms with Crippen LogP contribution in [-0.2, 0) is 10.0 Å². The highest BCUT2D eigenvalue weighted by Crippen LogP contribution is 2.27. The number of aromatic nitrogens is 1. The number of hydrogen-bond acceptors (Lipinski definition) is 4. The summed E-state index contributed by atoms with van der Waals surface area (Å²) in [6, 6.07) is 8.84. The Balaban J connectivity index is 2.31. The lowest BCUT2D eigenvalue weighted by atomic mass is 10.1. The maximum atomic E-state index is 12.3. The molecular weight excluding hydrogens is 357 g/mol. The maximum Gasteiger partial charge on any atom is 0.516 e. The van der Waals surface area contributed by atoms with Crippen LogP contribution < -0.4 is 4.72 Å². The van der Waals surface area contributed by atoms with Crippen LogP contribution in [0.3, 0.4) is 0 Å². The molecular formula is C13H8ClF3N2O3S. The van der Waals surface area contributed by atoms with Gasteiger partial charge >= 0.3 is 15.5 Å². The molecule has 23 heavy (non-hydrogen) atoms. The Labute approximate surface area is 134 Å². The quantitative estimate of drug-likeness (QED) is 0.845. The Bertz CT molecular complexity index is 839. The molecule has 0 saturated heterocycles. The lowest BCUT2D eigenvalue weighted by Crippen LogP contribution is -2.30. The van der Waals surface area contributed by atoms with Crippen LogP contribution in [0.25, 0.3) is 0 Å². The van der Waals surface area contributed by atoms with Gasteiger partial charge in [0.15, 0.2) is 0 Å². The third-order valence-corrected chi connectivity index (χ3v) is 4.05. The van der Waals surface area contributed by atoms with E-state index in [0.29, 0.717) is 0 Å². The molecule has 0 bridgehead atoms. The number of rotatable bonds is 4. The minimum absolute atomic E-state index is 0.201. The van der Waals surface area contributed by atoms with Crippen molar-refractivity contribution >= 4 is 33.1 Å². The fraction of sp³-hybridized carbons (Fsp3) is 0.0769. The van der Waals surface area contributed by atoms with Gasteiger partial charge in [-0.15, -0.1) is 0 Å². The second kappa shape index (κ2) is 6.17. The number of carbonyl (C=O) groups is 1. The number of carbonyl (C=O) groups excluding carboxylic acids is 1. The number of nitrogens with zero attached hydrogens (tertiary/aromatic N) is 1. The molecule has 0 atom stereocenters. The molecule has 10 heteroatoms. The Morgan fingerprint density at radius 2 is 1.78 bits per heavy atom. The highest BCUT2D eigenvalue weighted by molar-refractivity contribution is 7.93. The molecule has 0 unspecified atom stereocenters. The van der Waals surface area contributed by atoms with E-state index in [1.165, 1.54) is 16.9 Å². The Morgan fingerprint density at radius 3 is 2.30 bits per heavy atom. The average Bonchev–Trinajstić information content (AvgIpc) is 2.46. The molecule has 0 aliphatic heterocycles. The van der Waals surface area contributed by atoms with Crippen molar-refractivity contribution in [3.8, 4) is 0 Å². The predicted octanol–water partition coefficient (Wildman–Crippen LogP) is 3.23. The molecule has 0 saturated carbocycles. The van der Waals surface area contributed by atoms with Gasteiger partial charge in [-0.3, -0.25) is 9.52 Å². The third kappa shape index (κ3) is 3.80. The number of ketones is 1. The van der Waals surface area contributed by atoms with Crippen LogP contribution in [0.4, 0.5) is 18.9 Å². The van der Waals surface area contributed by atoms with Crippen molar-refractivity contribution in [1.29, 1.82) is 0 Å². The molecule has 2 aromatic rings. The smallest absolute Gasteiger partial charge is 0.287 e.